The van der Waals surface area contributed by atoms with Crippen molar-refractivity contribution in [3.05, 3.63) is 0 Å². The summed E-state index contributed by atoms with van der Waals surface area (Å²) in [5.41, 5.74) is 0. The molecule has 1 N–H and O–H groups in total. The molecular formula is C10H21NO2. The zero-order chi connectivity index (χ0) is 9.52. The van der Waals surface area contributed by atoms with E-state index in [0.717, 1.165) is 19.8 Å². The summed E-state index contributed by atoms with van der Waals surface area (Å²) in [6.45, 7) is 4.80. The lowest BCUT2D eigenvalue weighted by Gasteiger charge is -2.24. The summed E-state index contributed by atoms with van der Waals surface area (Å²) >= 11 is 0. The second-order valence-corrected chi connectivity index (χ2v) is 3.75. The minimum Gasteiger partial charge on any atom is -0.383 e. The molecule has 1 fully saturated rings. The Morgan fingerprint density at radius 2 is 2.38 bits per heavy atom. The molecule has 0 bridgehead atoms. The SMILES string of the molecule is COCC(C)NCC1CCCCO1. The summed E-state index contributed by atoms with van der Waals surface area (Å²) in [5.74, 6) is 0. The molecule has 1 saturated heterocycles. The zero-order valence-electron chi connectivity index (χ0n) is 8.71. The molecule has 0 amide bonds. The molecule has 1 aliphatic heterocycles. The molecule has 1 heterocycles. The van der Waals surface area contributed by atoms with Gasteiger partial charge in [0, 0.05) is 26.3 Å². The maximum Gasteiger partial charge on any atom is 0.0699 e. The van der Waals surface area contributed by atoms with Crippen molar-refractivity contribution >= 4 is 0 Å². The molecule has 0 aromatic carbocycles. The highest BCUT2D eigenvalue weighted by Crippen LogP contribution is 2.11. The lowest BCUT2D eigenvalue weighted by molar-refractivity contribution is 0.0140. The second kappa shape index (κ2) is 6.35. The van der Waals surface area contributed by atoms with Crippen LogP contribution in [0, 0.1) is 0 Å². The third-order valence-electron chi connectivity index (χ3n) is 2.38. The van der Waals surface area contributed by atoms with E-state index in [1.54, 1.807) is 7.11 Å². The lowest BCUT2D eigenvalue weighted by Crippen LogP contribution is -2.38. The topological polar surface area (TPSA) is 30.5 Å². The standard InChI is InChI=1S/C10H21NO2/c1-9(8-12-2)11-7-10-5-3-4-6-13-10/h9-11H,3-8H2,1-2H3. The van der Waals surface area contributed by atoms with Crippen molar-refractivity contribution in [2.24, 2.45) is 0 Å². The van der Waals surface area contributed by atoms with Crippen LogP contribution in [-0.2, 0) is 9.47 Å². The zero-order valence-corrected chi connectivity index (χ0v) is 8.71. The molecule has 1 rings (SSSR count). The first-order valence-corrected chi connectivity index (χ1v) is 5.17. The average Bonchev–Trinajstić information content (AvgIpc) is 2.17. The smallest absolute Gasteiger partial charge is 0.0699 e. The number of ether oxygens (including phenoxy) is 2. The molecule has 0 aromatic rings. The largest absolute Gasteiger partial charge is 0.383 e. The summed E-state index contributed by atoms with van der Waals surface area (Å²) < 4.78 is 10.6. The van der Waals surface area contributed by atoms with Gasteiger partial charge in [-0.25, -0.2) is 0 Å². The van der Waals surface area contributed by atoms with E-state index >= 15 is 0 Å². The predicted octanol–water partition coefficient (Wildman–Crippen LogP) is 1.18. The Hall–Kier alpha value is -0.120. The predicted molar refractivity (Wildman–Crippen MR) is 52.9 cm³/mol. The monoisotopic (exact) mass is 187 g/mol. The Kier molecular flexibility index (Phi) is 5.35. The summed E-state index contributed by atoms with van der Waals surface area (Å²) in [5, 5.41) is 3.40. The Balaban J connectivity index is 2.03. The Labute approximate surface area is 80.8 Å². The molecule has 0 spiro atoms. The van der Waals surface area contributed by atoms with Gasteiger partial charge in [0.2, 0.25) is 0 Å². The third kappa shape index (κ3) is 4.60. The molecule has 0 aromatic heterocycles. The lowest BCUT2D eigenvalue weighted by atomic mass is 10.1. The van der Waals surface area contributed by atoms with Crippen LogP contribution < -0.4 is 5.32 Å². The van der Waals surface area contributed by atoms with Gasteiger partial charge in [-0.05, 0) is 26.2 Å². The highest BCUT2D eigenvalue weighted by Gasteiger charge is 2.13. The number of nitrogens with one attached hydrogen (secondary N) is 1. The van der Waals surface area contributed by atoms with Gasteiger partial charge in [-0.1, -0.05) is 0 Å². The Morgan fingerprint density at radius 3 is 3.00 bits per heavy atom. The van der Waals surface area contributed by atoms with Crippen LogP contribution in [0.25, 0.3) is 0 Å². The van der Waals surface area contributed by atoms with E-state index in [1.807, 2.05) is 0 Å². The van der Waals surface area contributed by atoms with Gasteiger partial charge in [-0.3, -0.25) is 0 Å². The number of hydrogen-bond acceptors (Lipinski definition) is 3. The van der Waals surface area contributed by atoms with Gasteiger partial charge in [0.1, 0.15) is 0 Å². The second-order valence-electron chi connectivity index (χ2n) is 3.75. The van der Waals surface area contributed by atoms with E-state index in [-0.39, 0.29) is 0 Å². The maximum absolute atomic E-state index is 5.60. The van der Waals surface area contributed by atoms with Crippen molar-refractivity contribution in [1.82, 2.24) is 5.32 Å². The summed E-state index contributed by atoms with van der Waals surface area (Å²) in [4.78, 5) is 0. The Morgan fingerprint density at radius 1 is 1.54 bits per heavy atom. The average molecular weight is 187 g/mol. The molecule has 13 heavy (non-hydrogen) atoms. The van der Waals surface area contributed by atoms with Gasteiger partial charge in [-0.2, -0.15) is 0 Å². The van der Waals surface area contributed by atoms with E-state index in [2.05, 4.69) is 12.2 Å². The van der Waals surface area contributed by atoms with Crippen LogP contribution in [0.1, 0.15) is 26.2 Å². The first kappa shape index (κ1) is 11.0. The fourth-order valence-electron chi connectivity index (χ4n) is 1.61. The van der Waals surface area contributed by atoms with Gasteiger partial charge in [0.05, 0.1) is 12.7 Å². The molecule has 2 atom stereocenters. The van der Waals surface area contributed by atoms with E-state index < -0.39 is 0 Å². The molecule has 3 heteroatoms. The molecule has 3 nitrogen and oxygen atoms in total. The first-order chi connectivity index (χ1) is 6.33. The maximum atomic E-state index is 5.60. The fourth-order valence-corrected chi connectivity index (χ4v) is 1.61. The van der Waals surface area contributed by atoms with Crippen molar-refractivity contribution in [2.75, 3.05) is 26.9 Å². The van der Waals surface area contributed by atoms with Crippen molar-refractivity contribution in [1.29, 1.82) is 0 Å². The normalized spacial score (nSPS) is 25.8. The highest BCUT2D eigenvalue weighted by atomic mass is 16.5. The van der Waals surface area contributed by atoms with E-state index in [4.69, 9.17) is 9.47 Å². The molecule has 2 unspecified atom stereocenters. The van der Waals surface area contributed by atoms with E-state index in [9.17, 15) is 0 Å². The molecule has 0 saturated carbocycles. The van der Waals surface area contributed by atoms with Gasteiger partial charge in [0.15, 0.2) is 0 Å². The summed E-state index contributed by atoms with van der Waals surface area (Å²) in [6, 6.07) is 0.426. The third-order valence-corrected chi connectivity index (χ3v) is 2.38. The minimum atomic E-state index is 0.424. The van der Waals surface area contributed by atoms with Gasteiger partial charge in [-0.15, -0.1) is 0 Å². The highest BCUT2D eigenvalue weighted by molar-refractivity contribution is 4.69. The van der Waals surface area contributed by atoms with Gasteiger partial charge in [0.25, 0.3) is 0 Å². The van der Waals surface area contributed by atoms with Crippen LogP contribution in [0.5, 0.6) is 0 Å². The van der Waals surface area contributed by atoms with Crippen LogP contribution in [0.3, 0.4) is 0 Å². The minimum absolute atomic E-state index is 0.424. The Bertz CT molecular complexity index is 124. The summed E-state index contributed by atoms with van der Waals surface area (Å²) in [6.07, 6.45) is 4.16. The van der Waals surface area contributed by atoms with Crippen LogP contribution in [0.15, 0.2) is 0 Å². The van der Waals surface area contributed by atoms with Crippen LogP contribution in [0.4, 0.5) is 0 Å². The van der Waals surface area contributed by atoms with Crippen LogP contribution >= 0.6 is 0 Å². The molecule has 1 aliphatic rings. The molecule has 0 radical (unpaired) electrons. The summed E-state index contributed by atoms with van der Waals surface area (Å²) in [7, 11) is 1.73. The first-order valence-electron chi connectivity index (χ1n) is 5.17. The quantitative estimate of drug-likeness (QED) is 0.701. The van der Waals surface area contributed by atoms with E-state index in [0.29, 0.717) is 12.1 Å². The molecule has 0 aliphatic carbocycles. The van der Waals surface area contributed by atoms with Crippen molar-refractivity contribution in [2.45, 2.75) is 38.3 Å². The number of rotatable bonds is 5. The van der Waals surface area contributed by atoms with E-state index in [1.165, 1.54) is 19.3 Å². The number of methoxy groups -OCH3 is 1. The molecule has 78 valence electrons. The van der Waals surface area contributed by atoms with Crippen LogP contribution in [-0.4, -0.2) is 39.0 Å². The van der Waals surface area contributed by atoms with Crippen molar-refractivity contribution in [3.63, 3.8) is 0 Å². The van der Waals surface area contributed by atoms with Crippen molar-refractivity contribution in [3.8, 4) is 0 Å². The van der Waals surface area contributed by atoms with Gasteiger partial charge >= 0.3 is 0 Å². The van der Waals surface area contributed by atoms with Crippen LogP contribution in [0.2, 0.25) is 0 Å². The molecular weight excluding hydrogens is 166 g/mol. The fraction of sp³-hybridized carbons (Fsp3) is 1.00. The van der Waals surface area contributed by atoms with Crippen molar-refractivity contribution < 1.29 is 9.47 Å². The van der Waals surface area contributed by atoms with Gasteiger partial charge < -0.3 is 14.8 Å². The number of hydrogen-bond donors (Lipinski definition) is 1.